The van der Waals surface area contributed by atoms with Crippen molar-refractivity contribution >= 4 is 0 Å². The molecule has 0 radical (unpaired) electrons. The highest BCUT2D eigenvalue weighted by molar-refractivity contribution is 5.23. The molecular weight excluding hydrogens is 174 g/mol. The van der Waals surface area contributed by atoms with Crippen LogP contribution in [0.3, 0.4) is 0 Å². The third-order valence-electron chi connectivity index (χ3n) is 3.53. The van der Waals surface area contributed by atoms with Crippen LogP contribution in [0.2, 0.25) is 0 Å². The highest BCUT2D eigenvalue weighted by Crippen LogP contribution is 2.56. The lowest BCUT2D eigenvalue weighted by Gasteiger charge is -2.35. The van der Waals surface area contributed by atoms with Crippen molar-refractivity contribution in [3.05, 3.63) is 0 Å². The predicted octanol–water partition coefficient (Wildman–Crippen LogP) is 2.37. The van der Waals surface area contributed by atoms with E-state index in [-0.39, 0.29) is 5.41 Å². The first kappa shape index (κ1) is 10.6. The van der Waals surface area contributed by atoms with E-state index in [1.165, 1.54) is 0 Å². The van der Waals surface area contributed by atoms with Crippen LogP contribution in [-0.4, -0.2) is 0 Å². The summed E-state index contributed by atoms with van der Waals surface area (Å²) in [5, 5.41) is 27.0. The monoisotopic (exact) mass is 187 g/mol. The van der Waals surface area contributed by atoms with E-state index in [4.69, 9.17) is 10.5 Å². The fourth-order valence-corrected chi connectivity index (χ4v) is 2.43. The van der Waals surface area contributed by atoms with Gasteiger partial charge in [-0.05, 0) is 18.3 Å². The minimum atomic E-state index is -0.801. The molecule has 72 valence electrons. The smallest absolute Gasteiger partial charge is 0.152 e. The van der Waals surface area contributed by atoms with Gasteiger partial charge in [-0.2, -0.15) is 15.8 Å². The van der Waals surface area contributed by atoms with E-state index < -0.39 is 11.3 Å². The van der Waals surface area contributed by atoms with Gasteiger partial charge < -0.3 is 0 Å². The van der Waals surface area contributed by atoms with Gasteiger partial charge in [0.05, 0.1) is 23.6 Å². The van der Waals surface area contributed by atoms with Crippen molar-refractivity contribution in [2.45, 2.75) is 33.1 Å². The first-order valence-corrected chi connectivity index (χ1v) is 4.74. The van der Waals surface area contributed by atoms with Gasteiger partial charge in [-0.1, -0.05) is 20.3 Å². The molecule has 0 aromatic carbocycles. The van der Waals surface area contributed by atoms with Crippen molar-refractivity contribution in [2.75, 3.05) is 0 Å². The summed E-state index contributed by atoms with van der Waals surface area (Å²) in [5.41, 5.74) is -0.992. The maximum absolute atomic E-state index is 9.23. The summed E-state index contributed by atoms with van der Waals surface area (Å²) in [4.78, 5) is 0. The van der Waals surface area contributed by atoms with Crippen LogP contribution in [0.4, 0.5) is 0 Å². The summed E-state index contributed by atoms with van der Waals surface area (Å²) in [6, 6.07) is 6.14. The average molecular weight is 187 g/mol. The van der Waals surface area contributed by atoms with Crippen molar-refractivity contribution in [3.63, 3.8) is 0 Å². The molecule has 0 spiro atoms. The van der Waals surface area contributed by atoms with Crippen LogP contribution in [0.15, 0.2) is 0 Å². The highest BCUT2D eigenvalue weighted by Gasteiger charge is 2.54. The molecule has 0 aromatic heterocycles. The minimum Gasteiger partial charge on any atom is -0.198 e. The summed E-state index contributed by atoms with van der Waals surface area (Å²) in [6.07, 6.45) is 2.52. The molecule has 0 aliphatic heterocycles. The zero-order valence-corrected chi connectivity index (χ0v) is 8.54. The van der Waals surface area contributed by atoms with E-state index in [1.807, 2.05) is 26.0 Å². The molecule has 1 atom stereocenters. The van der Waals surface area contributed by atoms with Crippen LogP contribution >= 0.6 is 0 Å². The van der Waals surface area contributed by atoms with Crippen molar-refractivity contribution < 1.29 is 0 Å². The van der Waals surface area contributed by atoms with Crippen LogP contribution in [0.25, 0.3) is 0 Å². The third kappa shape index (κ3) is 1.16. The van der Waals surface area contributed by atoms with Gasteiger partial charge in [-0.3, -0.25) is 0 Å². The highest BCUT2D eigenvalue weighted by atomic mass is 14.6. The van der Waals surface area contributed by atoms with Crippen LogP contribution < -0.4 is 0 Å². The number of hydrogen-bond donors (Lipinski definition) is 0. The van der Waals surface area contributed by atoms with Crippen molar-refractivity contribution in [3.8, 4) is 18.2 Å². The van der Waals surface area contributed by atoms with E-state index >= 15 is 0 Å². The summed E-state index contributed by atoms with van der Waals surface area (Å²) in [6.45, 7) is 3.95. The number of nitrogens with zero attached hydrogens (tertiary/aromatic N) is 3. The first-order valence-electron chi connectivity index (χ1n) is 4.74. The molecule has 0 bridgehead atoms. The fourth-order valence-electron chi connectivity index (χ4n) is 2.43. The standard InChI is InChI=1S/C11H13N3/c1-10(2)4-3-5-11(10,8-14)9(6-12)7-13/h9H,3-5H2,1-2H3. The van der Waals surface area contributed by atoms with E-state index in [1.54, 1.807) is 0 Å². The maximum atomic E-state index is 9.23. The third-order valence-corrected chi connectivity index (χ3v) is 3.53. The second-order valence-corrected chi connectivity index (χ2v) is 4.51. The SMILES string of the molecule is CC1(C)CCCC1(C#N)C(C#N)C#N. The number of hydrogen-bond acceptors (Lipinski definition) is 3. The Hall–Kier alpha value is -1.53. The molecule has 1 aliphatic rings. The lowest BCUT2D eigenvalue weighted by Crippen LogP contribution is -2.37. The molecule has 3 nitrogen and oxygen atoms in total. The Labute approximate surface area is 84.6 Å². The summed E-state index contributed by atoms with van der Waals surface area (Å²) >= 11 is 0. The Morgan fingerprint density at radius 2 is 1.64 bits per heavy atom. The van der Waals surface area contributed by atoms with E-state index in [0.29, 0.717) is 6.42 Å². The van der Waals surface area contributed by atoms with Gasteiger partial charge in [0.15, 0.2) is 5.92 Å². The molecule has 3 heteroatoms. The molecule has 0 saturated heterocycles. The Kier molecular flexibility index (Phi) is 2.50. The topological polar surface area (TPSA) is 71.4 Å². The van der Waals surface area contributed by atoms with Crippen LogP contribution in [0.5, 0.6) is 0 Å². The lowest BCUT2D eigenvalue weighted by molar-refractivity contribution is 0.151. The van der Waals surface area contributed by atoms with Gasteiger partial charge in [0.25, 0.3) is 0 Å². The summed E-state index contributed by atoms with van der Waals surface area (Å²) in [5.74, 6) is -0.801. The molecule has 1 unspecified atom stereocenters. The fraction of sp³-hybridized carbons (Fsp3) is 0.727. The zero-order valence-electron chi connectivity index (χ0n) is 8.54. The molecule has 0 N–H and O–H groups in total. The molecule has 1 fully saturated rings. The van der Waals surface area contributed by atoms with Crippen molar-refractivity contribution in [1.82, 2.24) is 0 Å². The van der Waals surface area contributed by atoms with Crippen LogP contribution in [0.1, 0.15) is 33.1 Å². The van der Waals surface area contributed by atoms with E-state index in [9.17, 15) is 5.26 Å². The van der Waals surface area contributed by atoms with E-state index in [2.05, 4.69) is 6.07 Å². The van der Waals surface area contributed by atoms with Gasteiger partial charge in [0, 0.05) is 0 Å². The molecule has 0 aromatic rings. The second kappa shape index (κ2) is 3.32. The van der Waals surface area contributed by atoms with Crippen molar-refractivity contribution in [1.29, 1.82) is 15.8 Å². The Morgan fingerprint density at radius 3 is 1.93 bits per heavy atom. The quantitative estimate of drug-likeness (QED) is 0.632. The van der Waals surface area contributed by atoms with Gasteiger partial charge >= 0.3 is 0 Å². The molecule has 1 aliphatic carbocycles. The Bertz CT molecular complexity index is 336. The normalized spacial score (nSPS) is 29.1. The van der Waals surface area contributed by atoms with Crippen LogP contribution in [0, 0.1) is 50.7 Å². The summed E-state index contributed by atoms with van der Waals surface area (Å²) in [7, 11) is 0. The Balaban J connectivity index is 3.19. The van der Waals surface area contributed by atoms with Crippen LogP contribution in [-0.2, 0) is 0 Å². The van der Waals surface area contributed by atoms with Gasteiger partial charge in [0.2, 0.25) is 0 Å². The Morgan fingerprint density at radius 1 is 1.07 bits per heavy atom. The largest absolute Gasteiger partial charge is 0.198 e. The van der Waals surface area contributed by atoms with Crippen molar-refractivity contribution in [2.24, 2.45) is 16.7 Å². The average Bonchev–Trinajstić information content (AvgIpc) is 2.45. The number of rotatable bonds is 1. The maximum Gasteiger partial charge on any atom is 0.152 e. The first-order chi connectivity index (χ1) is 6.54. The molecule has 14 heavy (non-hydrogen) atoms. The van der Waals surface area contributed by atoms with Gasteiger partial charge in [-0.15, -0.1) is 0 Å². The molecule has 0 heterocycles. The predicted molar refractivity (Wildman–Crippen MR) is 50.4 cm³/mol. The molecular formula is C11H13N3. The second-order valence-electron chi connectivity index (χ2n) is 4.51. The zero-order chi connectivity index (χ0) is 10.8. The summed E-state index contributed by atoms with van der Waals surface area (Å²) < 4.78 is 0. The lowest BCUT2D eigenvalue weighted by atomic mass is 9.62. The molecule has 1 saturated carbocycles. The van der Waals surface area contributed by atoms with Gasteiger partial charge in [0.1, 0.15) is 0 Å². The minimum absolute atomic E-state index is 0.224. The van der Waals surface area contributed by atoms with E-state index in [0.717, 1.165) is 12.8 Å². The molecule has 1 rings (SSSR count). The molecule has 0 amide bonds. The van der Waals surface area contributed by atoms with Gasteiger partial charge in [-0.25, -0.2) is 0 Å². The number of nitriles is 3.